The molecule has 272 valence electrons. The third-order valence-electron chi connectivity index (χ3n) is 7.89. The number of hydrogen-bond donors (Lipinski definition) is 0. The molecule has 0 saturated heterocycles. The first-order valence-electron chi connectivity index (χ1n) is 18.0. The van der Waals surface area contributed by atoms with Gasteiger partial charge >= 0.3 is 7.25 Å². The molecular formula is C33H75BF4O3P2S. The normalized spacial score (nSPS) is 12.0. The second kappa shape index (κ2) is 33.5. The van der Waals surface area contributed by atoms with E-state index in [-0.39, 0.29) is 0 Å². The standard InChI is InChI=1S/2C16H36P.CH4O3S.BF4/c2*1-5-9-13-17(14-10-6-2,15-11-7-3)16-12-8-4;1-5(2,3)4;2-1(3,4)5/h2*5-16H2,1-4H3;1H3,(H,2,3,4);/q2*+1;;-1/p-1. The Morgan fingerprint density at radius 1 is 0.432 bits per heavy atom. The largest absolute Gasteiger partial charge is 0.748 e. The first kappa shape index (κ1) is 51.4. The second-order valence-electron chi connectivity index (χ2n) is 12.5. The summed E-state index contributed by atoms with van der Waals surface area (Å²) in [5.41, 5.74) is 0. The predicted molar refractivity (Wildman–Crippen MR) is 198 cm³/mol. The summed E-state index contributed by atoms with van der Waals surface area (Å²) in [4.78, 5) is 0. The van der Waals surface area contributed by atoms with E-state index >= 15 is 0 Å². The molecule has 0 saturated carbocycles. The van der Waals surface area contributed by atoms with Crippen molar-refractivity contribution >= 4 is 31.9 Å². The Labute approximate surface area is 275 Å². The van der Waals surface area contributed by atoms with E-state index in [1.165, 1.54) is 103 Å². The van der Waals surface area contributed by atoms with Gasteiger partial charge in [0.1, 0.15) is 0 Å². The smallest absolute Gasteiger partial charge is 0.673 e. The Balaban J connectivity index is -0.000000278. The van der Waals surface area contributed by atoms with Crippen molar-refractivity contribution in [3.63, 3.8) is 0 Å². The highest BCUT2D eigenvalue weighted by Crippen LogP contribution is 2.62. The van der Waals surface area contributed by atoms with Gasteiger partial charge in [-0.3, -0.25) is 0 Å². The van der Waals surface area contributed by atoms with Gasteiger partial charge in [-0.15, -0.1) is 0 Å². The zero-order valence-corrected chi connectivity index (χ0v) is 33.2. The number of rotatable bonds is 24. The van der Waals surface area contributed by atoms with Crippen LogP contribution in [0.3, 0.4) is 0 Å². The fourth-order valence-electron chi connectivity index (χ4n) is 5.29. The maximum absolute atomic E-state index is 9.75. The maximum Gasteiger partial charge on any atom is 0.673 e. The lowest BCUT2D eigenvalue weighted by atomic mass is 10.3. The van der Waals surface area contributed by atoms with Crippen LogP contribution >= 0.6 is 14.5 Å². The predicted octanol–water partition coefficient (Wildman–Crippen LogP) is 12.9. The lowest BCUT2D eigenvalue weighted by molar-refractivity contribution is 0.368. The molecule has 0 amide bonds. The summed E-state index contributed by atoms with van der Waals surface area (Å²) < 4.78 is 66.2. The molecule has 0 spiro atoms. The minimum Gasteiger partial charge on any atom is -0.748 e. The summed E-state index contributed by atoms with van der Waals surface area (Å²) in [5, 5.41) is 0. The van der Waals surface area contributed by atoms with Gasteiger partial charge in [-0.25, -0.2) is 8.42 Å². The van der Waals surface area contributed by atoms with E-state index in [0.29, 0.717) is 6.26 Å². The highest BCUT2D eigenvalue weighted by atomic mass is 32.2. The molecule has 11 heteroatoms. The van der Waals surface area contributed by atoms with Gasteiger partial charge in [-0.05, 0) is 51.4 Å². The number of unbranched alkanes of at least 4 members (excludes halogenated alkanes) is 8. The molecule has 0 rings (SSSR count). The van der Waals surface area contributed by atoms with Crippen LogP contribution < -0.4 is 0 Å². The molecule has 0 aliphatic carbocycles. The fraction of sp³-hybridized carbons (Fsp3) is 1.00. The Morgan fingerprint density at radius 2 is 0.523 bits per heavy atom. The van der Waals surface area contributed by atoms with Gasteiger partial charge in [0.2, 0.25) is 0 Å². The van der Waals surface area contributed by atoms with E-state index in [1.54, 1.807) is 49.3 Å². The van der Waals surface area contributed by atoms with Gasteiger partial charge in [0.05, 0.1) is 59.4 Å². The Kier molecular flexibility index (Phi) is 39.1. The van der Waals surface area contributed by atoms with E-state index in [0.717, 1.165) is 0 Å². The van der Waals surface area contributed by atoms with Crippen LogP contribution in [0.1, 0.15) is 158 Å². The molecule has 44 heavy (non-hydrogen) atoms. The molecule has 0 aliphatic heterocycles. The molecule has 0 fully saturated rings. The molecule has 3 nitrogen and oxygen atoms in total. The molecule has 0 radical (unpaired) electrons. The van der Waals surface area contributed by atoms with Crippen molar-refractivity contribution in [2.45, 2.75) is 158 Å². The first-order valence-corrected chi connectivity index (χ1v) is 24.8. The number of halogens is 4. The molecule has 0 unspecified atom stereocenters. The zero-order valence-electron chi connectivity index (χ0n) is 30.6. The molecule has 0 atom stereocenters. The molecule has 0 aromatic carbocycles. The summed E-state index contributed by atoms with van der Waals surface area (Å²) in [5.74, 6) is 0. The van der Waals surface area contributed by atoms with Crippen LogP contribution in [-0.4, -0.2) is 75.8 Å². The van der Waals surface area contributed by atoms with E-state index in [9.17, 15) is 17.3 Å². The molecule has 0 aromatic heterocycles. The van der Waals surface area contributed by atoms with Gasteiger partial charge in [0.25, 0.3) is 0 Å². The van der Waals surface area contributed by atoms with Gasteiger partial charge in [0, 0.05) is 20.8 Å². The summed E-state index contributed by atoms with van der Waals surface area (Å²) in [6.45, 7) is 18.8. The van der Waals surface area contributed by atoms with Crippen LogP contribution in [0.15, 0.2) is 0 Å². The van der Waals surface area contributed by atoms with Crippen LogP contribution in [0, 0.1) is 0 Å². The van der Waals surface area contributed by atoms with E-state index in [1.807, 2.05) is 0 Å². The van der Waals surface area contributed by atoms with E-state index < -0.39 is 31.9 Å². The summed E-state index contributed by atoms with van der Waals surface area (Å²) in [6, 6.07) is 0. The molecular weight excluding hydrogens is 625 g/mol. The van der Waals surface area contributed by atoms with Crippen molar-refractivity contribution in [2.24, 2.45) is 0 Å². The molecule has 0 N–H and O–H groups in total. The van der Waals surface area contributed by atoms with Gasteiger partial charge in [-0.2, -0.15) is 0 Å². The van der Waals surface area contributed by atoms with Crippen molar-refractivity contribution in [1.29, 1.82) is 0 Å². The molecule has 0 bridgehead atoms. The summed E-state index contributed by atoms with van der Waals surface area (Å²) in [7, 11) is -11.0. The van der Waals surface area contributed by atoms with Crippen LogP contribution in [-0.2, 0) is 10.1 Å². The first-order chi connectivity index (χ1) is 20.5. The zero-order chi connectivity index (χ0) is 35.0. The van der Waals surface area contributed by atoms with Crippen LogP contribution in [0.5, 0.6) is 0 Å². The maximum atomic E-state index is 9.75. The van der Waals surface area contributed by atoms with Crippen molar-refractivity contribution in [2.75, 3.05) is 55.6 Å². The van der Waals surface area contributed by atoms with Crippen molar-refractivity contribution < 1.29 is 30.2 Å². The SMILES string of the molecule is CCCC[P+](CCCC)(CCCC)CCCC.CCCC[P+](CCCC)(CCCC)CCCC.CS(=O)(=O)[O-].F[B-](F)(F)F. The van der Waals surface area contributed by atoms with Crippen molar-refractivity contribution in [3.05, 3.63) is 0 Å². The van der Waals surface area contributed by atoms with Crippen molar-refractivity contribution in [1.82, 2.24) is 0 Å². The fourth-order valence-corrected chi connectivity index (χ4v) is 15.9. The van der Waals surface area contributed by atoms with Crippen molar-refractivity contribution in [3.8, 4) is 0 Å². The lowest BCUT2D eigenvalue weighted by Gasteiger charge is -2.28. The van der Waals surface area contributed by atoms with Gasteiger partial charge in [-0.1, -0.05) is 107 Å². The van der Waals surface area contributed by atoms with Crippen LogP contribution in [0.4, 0.5) is 17.3 Å². The van der Waals surface area contributed by atoms with E-state index in [4.69, 9.17) is 13.0 Å². The minimum absolute atomic E-state index is 0.562. The topological polar surface area (TPSA) is 57.2 Å². The van der Waals surface area contributed by atoms with Gasteiger partial charge in [0.15, 0.2) is 0 Å². The van der Waals surface area contributed by atoms with Crippen LogP contribution in [0.2, 0.25) is 0 Å². The quantitative estimate of drug-likeness (QED) is 0.0436. The molecule has 0 aromatic rings. The van der Waals surface area contributed by atoms with Crippen LogP contribution in [0.25, 0.3) is 0 Å². The molecule has 0 aliphatic rings. The Hall–Kier alpha value is 0.555. The second-order valence-corrected chi connectivity index (χ2v) is 22.9. The summed E-state index contributed by atoms with van der Waals surface area (Å²) >= 11 is 0. The third kappa shape index (κ3) is 44.7. The summed E-state index contributed by atoms with van der Waals surface area (Å²) in [6.07, 6.45) is 36.5. The number of hydrogen-bond acceptors (Lipinski definition) is 3. The Bertz CT molecular complexity index is 559. The Morgan fingerprint density at radius 3 is 0.591 bits per heavy atom. The monoisotopic (exact) mass is 700 g/mol. The average molecular weight is 701 g/mol. The van der Waals surface area contributed by atoms with E-state index in [2.05, 4.69) is 55.4 Å². The lowest BCUT2D eigenvalue weighted by Crippen LogP contribution is -2.12. The molecule has 0 heterocycles. The average Bonchev–Trinajstić information content (AvgIpc) is 2.94. The highest BCUT2D eigenvalue weighted by Gasteiger charge is 2.35. The highest BCUT2D eigenvalue weighted by molar-refractivity contribution is 7.84. The minimum atomic E-state index is -6.00. The van der Waals surface area contributed by atoms with Gasteiger partial charge < -0.3 is 21.8 Å². The third-order valence-corrected chi connectivity index (χ3v) is 18.0.